The van der Waals surface area contributed by atoms with Crippen molar-refractivity contribution >= 4 is 5.69 Å². The third-order valence-electron chi connectivity index (χ3n) is 4.18. The third-order valence-corrected chi connectivity index (χ3v) is 4.18. The summed E-state index contributed by atoms with van der Waals surface area (Å²) >= 11 is 0. The first-order chi connectivity index (χ1) is 9.28. The van der Waals surface area contributed by atoms with Crippen LogP contribution in [0.5, 0.6) is 0 Å². The standard InChI is InChI=1S/C16H23FN2/c17-15-2-1-3-16(14(15)8-9-18)19(10-12-4-5-12)11-13-6-7-13/h1-3,12-13H,4-11,18H2. The molecule has 1 aromatic rings. The molecule has 0 atom stereocenters. The molecule has 0 unspecified atom stereocenters. The van der Waals surface area contributed by atoms with Gasteiger partial charge in [-0.15, -0.1) is 0 Å². The molecule has 2 aliphatic carbocycles. The van der Waals surface area contributed by atoms with E-state index in [4.69, 9.17) is 5.73 Å². The van der Waals surface area contributed by atoms with Gasteiger partial charge in [-0.25, -0.2) is 4.39 Å². The first kappa shape index (κ1) is 12.9. The average molecular weight is 262 g/mol. The molecule has 0 saturated heterocycles. The summed E-state index contributed by atoms with van der Waals surface area (Å²) in [4.78, 5) is 2.42. The van der Waals surface area contributed by atoms with Crippen molar-refractivity contribution in [3.05, 3.63) is 29.6 Å². The molecule has 104 valence electrons. The predicted octanol–water partition coefficient (Wildman–Crippen LogP) is 2.95. The number of anilines is 1. The van der Waals surface area contributed by atoms with Gasteiger partial charge in [-0.2, -0.15) is 0 Å². The molecular formula is C16H23FN2. The largest absolute Gasteiger partial charge is 0.371 e. The van der Waals surface area contributed by atoms with E-state index in [1.54, 1.807) is 6.07 Å². The van der Waals surface area contributed by atoms with E-state index in [1.165, 1.54) is 25.7 Å². The normalized spacial score (nSPS) is 18.6. The van der Waals surface area contributed by atoms with Gasteiger partial charge in [-0.1, -0.05) is 6.07 Å². The van der Waals surface area contributed by atoms with Gasteiger partial charge < -0.3 is 10.6 Å². The Bertz CT molecular complexity index is 424. The molecule has 3 heteroatoms. The number of rotatable bonds is 7. The fourth-order valence-electron chi connectivity index (χ4n) is 2.73. The lowest BCUT2D eigenvalue weighted by atomic mass is 10.1. The van der Waals surface area contributed by atoms with Crippen LogP contribution in [0, 0.1) is 17.7 Å². The van der Waals surface area contributed by atoms with Crippen LogP contribution in [-0.2, 0) is 6.42 Å². The van der Waals surface area contributed by atoms with Crippen LogP contribution in [0.25, 0.3) is 0 Å². The zero-order chi connectivity index (χ0) is 13.2. The predicted molar refractivity (Wildman–Crippen MR) is 76.8 cm³/mol. The Morgan fingerprint density at radius 1 is 1.11 bits per heavy atom. The van der Waals surface area contributed by atoms with Crippen LogP contribution < -0.4 is 10.6 Å². The smallest absolute Gasteiger partial charge is 0.128 e. The van der Waals surface area contributed by atoms with Crippen molar-refractivity contribution in [1.29, 1.82) is 0 Å². The Kier molecular flexibility index (Phi) is 3.74. The average Bonchev–Trinajstić information content (AvgIpc) is 3.26. The molecule has 0 heterocycles. The fourth-order valence-corrected chi connectivity index (χ4v) is 2.73. The third kappa shape index (κ3) is 3.27. The molecule has 3 rings (SSSR count). The first-order valence-electron chi connectivity index (χ1n) is 7.50. The van der Waals surface area contributed by atoms with E-state index in [0.29, 0.717) is 13.0 Å². The zero-order valence-electron chi connectivity index (χ0n) is 11.4. The van der Waals surface area contributed by atoms with Crippen LogP contribution in [-0.4, -0.2) is 19.6 Å². The van der Waals surface area contributed by atoms with E-state index in [0.717, 1.165) is 36.2 Å². The Hall–Kier alpha value is -1.09. The van der Waals surface area contributed by atoms with E-state index in [2.05, 4.69) is 11.0 Å². The summed E-state index contributed by atoms with van der Waals surface area (Å²) < 4.78 is 14.0. The molecule has 1 aromatic carbocycles. The highest BCUT2D eigenvalue weighted by molar-refractivity contribution is 5.55. The van der Waals surface area contributed by atoms with Crippen molar-refractivity contribution < 1.29 is 4.39 Å². The van der Waals surface area contributed by atoms with E-state index in [-0.39, 0.29) is 5.82 Å². The van der Waals surface area contributed by atoms with Gasteiger partial charge in [-0.05, 0) is 62.6 Å². The highest BCUT2D eigenvalue weighted by atomic mass is 19.1. The number of hydrogen-bond acceptors (Lipinski definition) is 2. The molecular weight excluding hydrogens is 239 g/mol. The Labute approximate surface area is 114 Å². The van der Waals surface area contributed by atoms with Crippen LogP contribution >= 0.6 is 0 Å². The highest BCUT2D eigenvalue weighted by Gasteiger charge is 2.30. The Balaban J connectivity index is 1.83. The van der Waals surface area contributed by atoms with Gasteiger partial charge in [0.15, 0.2) is 0 Å². The number of nitrogens with zero attached hydrogens (tertiary/aromatic N) is 1. The highest BCUT2D eigenvalue weighted by Crippen LogP contribution is 2.37. The van der Waals surface area contributed by atoms with Gasteiger partial charge >= 0.3 is 0 Å². The lowest BCUT2D eigenvalue weighted by molar-refractivity contribution is 0.603. The van der Waals surface area contributed by atoms with Crippen molar-refractivity contribution in [3.8, 4) is 0 Å². The van der Waals surface area contributed by atoms with Crippen LogP contribution in [0.3, 0.4) is 0 Å². The van der Waals surface area contributed by atoms with Gasteiger partial charge in [0.05, 0.1) is 0 Å². The van der Waals surface area contributed by atoms with Crippen molar-refractivity contribution in [2.75, 3.05) is 24.5 Å². The van der Waals surface area contributed by atoms with Gasteiger partial charge in [-0.3, -0.25) is 0 Å². The first-order valence-corrected chi connectivity index (χ1v) is 7.50. The number of hydrogen-bond donors (Lipinski definition) is 1. The summed E-state index contributed by atoms with van der Waals surface area (Å²) in [5.41, 5.74) is 7.54. The van der Waals surface area contributed by atoms with Crippen molar-refractivity contribution in [2.45, 2.75) is 32.1 Å². The van der Waals surface area contributed by atoms with Crippen molar-refractivity contribution in [2.24, 2.45) is 17.6 Å². The molecule has 2 fully saturated rings. The summed E-state index contributed by atoms with van der Waals surface area (Å²) in [6.45, 7) is 2.70. The monoisotopic (exact) mass is 262 g/mol. The molecule has 2 aliphatic rings. The topological polar surface area (TPSA) is 29.3 Å². The maximum absolute atomic E-state index is 14.0. The van der Waals surface area contributed by atoms with Gasteiger partial charge in [0, 0.05) is 24.3 Å². The minimum absolute atomic E-state index is 0.0976. The molecule has 0 radical (unpaired) electrons. The lowest BCUT2D eigenvalue weighted by Crippen LogP contribution is -2.29. The molecule has 2 nitrogen and oxygen atoms in total. The molecule has 0 amide bonds. The summed E-state index contributed by atoms with van der Waals surface area (Å²) in [5, 5.41) is 0. The second-order valence-corrected chi connectivity index (χ2v) is 6.07. The number of halogens is 1. The van der Waals surface area contributed by atoms with Crippen molar-refractivity contribution in [3.63, 3.8) is 0 Å². The van der Waals surface area contributed by atoms with E-state index in [1.807, 2.05) is 6.07 Å². The van der Waals surface area contributed by atoms with Crippen molar-refractivity contribution in [1.82, 2.24) is 0 Å². The molecule has 2 N–H and O–H groups in total. The maximum atomic E-state index is 14.0. The zero-order valence-corrected chi connectivity index (χ0v) is 11.4. The Morgan fingerprint density at radius 2 is 1.74 bits per heavy atom. The summed E-state index contributed by atoms with van der Waals surface area (Å²) in [7, 11) is 0. The molecule has 0 aliphatic heterocycles. The molecule has 19 heavy (non-hydrogen) atoms. The summed E-state index contributed by atoms with van der Waals surface area (Å²) in [5.74, 6) is 1.56. The minimum Gasteiger partial charge on any atom is -0.371 e. The molecule has 2 saturated carbocycles. The second kappa shape index (κ2) is 5.49. The van der Waals surface area contributed by atoms with Crippen LogP contribution in [0.4, 0.5) is 10.1 Å². The van der Waals surface area contributed by atoms with Crippen LogP contribution in [0.1, 0.15) is 31.2 Å². The van der Waals surface area contributed by atoms with Gasteiger partial charge in [0.2, 0.25) is 0 Å². The molecule has 0 bridgehead atoms. The van der Waals surface area contributed by atoms with Crippen LogP contribution in [0.2, 0.25) is 0 Å². The van der Waals surface area contributed by atoms with E-state index >= 15 is 0 Å². The van der Waals surface area contributed by atoms with Gasteiger partial charge in [0.25, 0.3) is 0 Å². The van der Waals surface area contributed by atoms with Gasteiger partial charge in [0.1, 0.15) is 5.82 Å². The lowest BCUT2D eigenvalue weighted by Gasteiger charge is -2.27. The van der Waals surface area contributed by atoms with Crippen LogP contribution in [0.15, 0.2) is 18.2 Å². The molecule has 0 aromatic heterocycles. The van der Waals surface area contributed by atoms with E-state index in [9.17, 15) is 4.39 Å². The SMILES string of the molecule is NCCc1c(F)cccc1N(CC1CC1)CC1CC1. The van der Waals surface area contributed by atoms with E-state index < -0.39 is 0 Å². The summed E-state index contributed by atoms with van der Waals surface area (Å²) in [6, 6.07) is 5.46. The number of benzene rings is 1. The second-order valence-electron chi connectivity index (χ2n) is 6.07. The fraction of sp³-hybridized carbons (Fsp3) is 0.625. The number of nitrogens with two attached hydrogens (primary N) is 1. The maximum Gasteiger partial charge on any atom is 0.128 e. The quantitative estimate of drug-likeness (QED) is 0.818. The minimum atomic E-state index is -0.0976. The molecule has 0 spiro atoms. The Morgan fingerprint density at radius 3 is 2.26 bits per heavy atom. The summed E-state index contributed by atoms with van der Waals surface area (Å²) in [6.07, 6.45) is 5.98.